The highest BCUT2D eigenvalue weighted by molar-refractivity contribution is 5.90. The summed E-state index contributed by atoms with van der Waals surface area (Å²) in [5.41, 5.74) is 5.61. The Morgan fingerprint density at radius 3 is 2.58 bits per heavy atom. The molecule has 3 amide bonds. The minimum absolute atomic E-state index is 0.0116. The molecule has 12 heteroatoms. The molecule has 0 radical (unpaired) electrons. The molecule has 2 fully saturated rings. The van der Waals surface area contributed by atoms with Crippen LogP contribution in [0.4, 0.5) is 22.4 Å². The number of ether oxygens (including phenoxy) is 1. The van der Waals surface area contributed by atoms with Gasteiger partial charge in [-0.1, -0.05) is 29.8 Å². The second kappa shape index (κ2) is 12.2. The first-order valence-corrected chi connectivity index (χ1v) is 13.1. The first-order valence-electron chi connectivity index (χ1n) is 13.1. The van der Waals surface area contributed by atoms with Crippen molar-refractivity contribution in [1.29, 1.82) is 0 Å². The van der Waals surface area contributed by atoms with Gasteiger partial charge in [0.2, 0.25) is 11.8 Å². The smallest absolute Gasteiger partial charge is 0.416 e. The molecule has 4 rings (SSSR count). The van der Waals surface area contributed by atoms with Crippen molar-refractivity contribution in [3.63, 3.8) is 0 Å². The van der Waals surface area contributed by atoms with Crippen LogP contribution in [0.3, 0.4) is 0 Å². The first kappa shape index (κ1) is 29.3. The van der Waals surface area contributed by atoms with E-state index in [1.54, 1.807) is 12.1 Å². The fourth-order valence-electron chi connectivity index (χ4n) is 5.27. The molecule has 8 nitrogen and oxygen atoms in total. The summed E-state index contributed by atoms with van der Waals surface area (Å²) in [5.74, 6) is -1.12. The van der Waals surface area contributed by atoms with Crippen molar-refractivity contribution in [1.82, 2.24) is 14.7 Å². The van der Waals surface area contributed by atoms with E-state index < -0.39 is 42.5 Å². The maximum Gasteiger partial charge on any atom is 0.416 e. The maximum absolute atomic E-state index is 14.4. The van der Waals surface area contributed by atoms with Crippen LogP contribution < -0.4 is 5.73 Å². The summed E-state index contributed by atoms with van der Waals surface area (Å²) in [6, 6.07) is 8.61. The fourth-order valence-corrected chi connectivity index (χ4v) is 5.27. The number of nitrogens with zero attached hydrogens (tertiary/aromatic N) is 3. The van der Waals surface area contributed by atoms with Gasteiger partial charge in [0, 0.05) is 25.1 Å². The lowest BCUT2D eigenvalue weighted by Gasteiger charge is -2.52. The molecule has 2 heterocycles. The molecule has 2 atom stereocenters. The number of alkyl halides is 3. The molecule has 40 heavy (non-hydrogen) atoms. The fraction of sp³-hybridized carbons (Fsp3) is 0.464. The maximum atomic E-state index is 14.4. The number of hydrogen-bond donors (Lipinski definition) is 1. The number of carbonyl (C=O) groups is 3. The Labute approximate surface area is 229 Å². The Bertz CT molecular complexity index is 1260. The van der Waals surface area contributed by atoms with Crippen LogP contribution in [0.2, 0.25) is 0 Å². The minimum Gasteiger partial charge on any atom is -0.444 e. The van der Waals surface area contributed by atoms with E-state index in [9.17, 15) is 31.9 Å². The van der Waals surface area contributed by atoms with Crippen molar-refractivity contribution in [3.05, 3.63) is 70.5 Å². The van der Waals surface area contributed by atoms with E-state index in [0.29, 0.717) is 36.9 Å². The predicted molar refractivity (Wildman–Crippen MR) is 137 cm³/mol. The largest absolute Gasteiger partial charge is 0.444 e. The molecule has 216 valence electrons. The Hall–Kier alpha value is -3.67. The van der Waals surface area contributed by atoms with Gasteiger partial charge < -0.3 is 20.3 Å². The van der Waals surface area contributed by atoms with E-state index in [2.05, 4.69) is 0 Å². The lowest BCUT2D eigenvalue weighted by Crippen LogP contribution is -2.71. The summed E-state index contributed by atoms with van der Waals surface area (Å²) >= 11 is 0. The summed E-state index contributed by atoms with van der Waals surface area (Å²) in [7, 11) is 0. The molecular weight excluding hydrogens is 532 g/mol. The van der Waals surface area contributed by atoms with Crippen molar-refractivity contribution in [2.75, 3.05) is 19.6 Å². The van der Waals surface area contributed by atoms with E-state index in [1.165, 1.54) is 39.8 Å². The Morgan fingerprint density at radius 1 is 1.12 bits per heavy atom. The Balaban J connectivity index is 1.56. The molecule has 2 N–H and O–H groups in total. The predicted octanol–water partition coefficient (Wildman–Crippen LogP) is 4.19. The third kappa shape index (κ3) is 6.55. The Kier molecular flexibility index (Phi) is 8.97. The standard InChI is InChI=1S/C28H32F4N4O4/c1-18-12-19(14-21(13-18)28(30,31)32)17-40-27(39)35-11-9-25(37)36-23(8-4-5-10-33)26(38)34(16-24(35)36)15-20-6-2-3-7-22(20)29/h2-3,6-7,12-14,23-24H,4-5,8-11,15-17,33H2,1H3/t23-,24+/m0/s1. The second-order valence-corrected chi connectivity index (χ2v) is 10.1. The van der Waals surface area contributed by atoms with E-state index in [4.69, 9.17) is 10.5 Å². The topological polar surface area (TPSA) is 96.2 Å². The summed E-state index contributed by atoms with van der Waals surface area (Å²) in [6.45, 7) is 1.41. The number of aryl methyl sites for hydroxylation is 1. The molecule has 0 aliphatic carbocycles. The number of carbonyl (C=O) groups excluding carboxylic acids is 3. The second-order valence-electron chi connectivity index (χ2n) is 10.1. The van der Waals surface area contributed by atoms with Gasteiger partial charge in [-0.25, -0.2) is 9.18 Å². The Morgan fingerprint density at radius 2 is 1.88 bits per heavy atom. The molecule has 2 aliphatic rings. The lowest BCUT2D eigenvalue weighted by atomic mass is 9.98. The molecule has 0 unspecified atom stereocenters. The van der Waals surface area contributed by atoms with Gasteiger partial charge in [0.25, 0.3) is 0 Å². The quantitative estimate of drug-likeness (QED) is 0.383. The van der Waals surface area contributed by atoms with Crippen LogP contribution in [0.1, 0.15) is 47.9 Å². The first-order chi connectivity index (χ1) is 19.0. The molecule has 0 saturated carbocycles. The zero-order valence-electron chi connectivity index (χ0n) is 22.1. The zero-order valence-corrected chi connectivity index (χ0v) is 22.1. The molecule has 0 bridgehead atoms. The van der Waals surface area contributed by atoms with Crippen molar-refractivity contribution in [2.24, 2.45) is 5.73 Å². The van der Waals surface area contributed by atoms with Gasteiger partial charge in [-0.2, -0.15) is 13.2 Å². The zero-order chi connectivity index (χ0) is 29.0. The van der Waals surface area contributed by atoms with Crippen molar-refractivity contribution in [3.8, 4) is 0 Å². The summed E-state index contributed by atoms with van der Waals surface area (Å²) in [6.07, 6.45) is -4.76. The van der Waals surface area contributed by atoms with Gasteiger partial charge in [0.15, 0.2) is 0 Å². The number of halogens is 4. The van der Waals surface area contributed by atoms with Crippen LogP contribution in [0, 0.1) is 12.7 Å². The van der Waals surface area contributed by atoms with Crippen LogP contribution in [-0.2, 0) is 33.7 Å². The molecule has 2 saturated heterocycles. The van der Waals surface area contributed by atoms with E-state index >= 15 is 0 Å². The van der Waals surface area contributed by atoms with Crippen LogP contribution >= 0.6 is 0 Å². The summed E-state index contributed by atoms with van der Waals surface area (Å²) < 4.78 is 59.6. The van der Waals surface area contributed by atoms with Gasteiger partial charge in [-0.15, -0.1) is 0 Å². The highest BCUT2D eigenvalue weighted by atomic mass is 19.4. The van der Waals surface area contributed by atoms with Crippen LogP contribution in [-0.4, -0.2) is 64.4 Å². The van der Waals surface area contributed by atoms with Crippen LogP contribution in [0.25, 0.3) is 0 Å². The minimum atomic E-state index is -4.55. The van der Waals surface area contributed by atoms with Crippen molar-refractivity contribution >= 4 is 17.9 Å². The SMILES string of the molecule is Cc1cc(COC(=O)N2CCC(=O)N3[C@@H]2CN(Cc2ccccc2F)C(=O)[C@@H]3CCCCN)cc(C(F)(F)F)c1. The molecule has 0 aromatic heterocycles. The summed E-state index contributed by atoms with van der Waals surface area (Å²) in [5, 5.41) is 0. The van der Waals surface area contributed by atoms with Gasteiger partial charge >= 0.3 is 12.3 Å². The van der Waals surface area contributed by atoms with Crippen LogP contribution in [0.5, 0.6) is 0 Å². The van der Waals surface area contributed by atoms with Gasteiger partial charge in [-0.05, 0) is 56.5 Å². The van der Waals surface area contributed by atoms with Gasteiger partial charge in [-0.3, -0.25) is 14.5 Å². The van der Waals surface area contributed by atoms with Gasteiger partial charge in [0.1, 0.15) is 24.6 Å². The highest BCUT2D eigenvalue weighted by Gasteiger charge is 2.49. The van der Waals surface area contributed by atoms with E-state index in [-0.39, 0.29) is 43.4 Å². The molecule has 2 aromatic carbocycles. The lowest BCUT2D eigenvalue weighted by molar-refractivity contribution is -0.169. The molecular formula is C28H32F4N4O4. The van der Waals surface area contributed by atoms with Gasteiger partial charge in [0.05, 0.1) is 12.1 Å². The number of unbranched alkanes of at least 4 members (excludes halogenated alkanes) is 1. The summed E-state index contributed by atoms with van der Waals surface area (Å²) in [4.78, 5) is 43.9. The number of rotatable bonds is 8. The number of hydrogen-bond acceptors (Lipinski definition) is 5. The van der Waals surface area contributed by atoms with E-state index in [0.717, 1.165) is 12.1 Å². The normalized spacial score (nSPS) is 19.6. The number of nitrogens with two attached hydrogens (primary N) is 1. The average molecular weight is 565 g/mol. The number of fused-ring (bicyclic) bond motifs is 1. The molecule has 2 aromatic rings. The monoisotopic (exact) mass is 564 g/mol. The van der Waals surface area contributed by atoms with Crippen molar-refractivity contribution in [2.45, 2.75) is 64.1 Å². The molecule has 2 aliphatic heterocycles. The third-order valence-corrected chi connectivity index (χ3v) is 7.16. The van der Waals surface area contributed by atoms with Crippen molar-refractivity contribution < 1.29 is 36.7 Å². The number of amides is 3. The third-order valence-electron chi connectivity index (χ3n) is 7.16. The van der Waals surface area contributed by atoms with E-state index in [1.807, 2.05) is 0 Å². The highest BCUT2D eigenvalue weighted by Crippen LogP contribution is 2.32. The molecule has 0 spiro atoms. The van der Waals surface area contributed by atoms with Crippen LogP contribution in [0.15, 0.2) is 42.5 Å². The number of benzene rings is 2. The average Bonchev–Trinajstić information content (AvgIpc) is 2.90. The number of piperazine rings is 1.